The second-order valence-corrected chi connectivity index (χ2v) is 4.38. The molecule has 82 valence electrons. The van der Waals surface area contributed by atoms with Crippen LogP contribution in [0.2, 0.25) is 0 Å². The van der Waals surface area contributed by atoms with Crippen molar-refractivity contribution in [1.82, 2.24) is 0 Å². The van der Waals surface area contributed by atoms with Crippen LogP contribution in [0.3, 0.4) is 0 Å². The molecule has 2 nitrogen and oxygen atoms in total. The molecule has 1 aliphatic carbocycles. The lowest BCUT2D eigenvalue weighted by atomic mass is 10.3. The average molecular weight is 232 g/mol. The predicted octanol–water partition coefficient (Wildman–Crippen LogP) is 2.66. The van der Waals surface area contributed by atoms with E-state index < -0.39 is 23.7 Å². The highest BCUT2D eigenvalue weighted by Gasteiger charge is 2.73. The summed E-state index contributed by atoms with van der Waals surface area (Å²) in [6.45, 7) is 1.75. The maximum atomic E-state index is 13.3. The van der Waals surface area contributed by atoms with E-state index in [0.29, 0.717) is 4.88 Å². The first-order valence-corrected chi connectivity index (χ1v) is 5.54. The first-order valence-electron chi connectivity index (χ1n) is 4.67. The Morgan fingerprint density at radius 1 is 1.67 bits per heavy atom. The van der Waals surface area contributed by atoms with Crippen molar-refractivity contribution in [1.29, 1.82) is 0 Å². The first-order chi connectivity index (χ1) is 7.09. The Morgan fingerprint density at radius 2 is 2.40 bits per heavy atom. The molecule has 1 heterocycles. The topological polar surface area (TPSA) is 26.3 Å². The zero-order chi connectivity index (χ0) is 11.1. The van der Waals surface area contributed by atoms with Crippen LogP contribution in [0.4, 0.5) is 8.78 Å². The standard InChI is InChI=1S/C10H10F2O2S/c1-2-14-9(13)8-7(10(8,11)12)6-4-3-5-15-6/h3-5,7-8H,2H2,1H3/t7-,8+/m1/s1. The predicted molar refractivity (Wildman–Crippen MR) is 52.1 cm³/mol. The van der Waals surface area contributed by atoms with Crippen LogP contribution in [-0.2, 0) is 9.53 Å². The van der Waals surface area contributed by atoms with Gasteiger partial charge >= 0.3 is 5.97 Å². The molecule has 0 saturated heterocycles. The minimum Gasteiger partial charge on any atom is -0.466 e. The molecule has 5 heteroatoms. The Morgan fingerprint density at radius 3 is 2.93 bits per heavy atom. The number of alkyl halides is 2. The number of esters is 1. The van der Waals surface area contributed by atoms with Gasteiger partial charge in [-0.05, 0) is 18.4 Å². The molecule has 15 heavy (non-hydrogen) atoms. The van der Waals surface area contributed by atoms with Gasteiger partial charge in [0.15, 0.2) is 0 Å². The summed E-state index contributed by atoms with van der Waals surface area (Å²) in [5, 5.41) is 1.73. The Hall–Kier alpha value is -0.970. The van der Waals surface area contributed by atoms with Gasteiger partial charge in [-0.3, -0.25) is 4.79 Å². The van der Waals surface area contributed by atoms with Gasteiger partial charge in [-0.2, -0.15) is 0 Å². The van der Waals surface area contributed by atoms with E-state index in [1.807, 2.05) is 0 Å². The Kier molecular flexibility index (Phi) is 2.50. The van der Waals surface area contributed by atoms with Gasteiger partial charge in [-0.1, -0.05) is 6.07 Å². The fourth-order valence-electron chi connectivity index (χ4n) is 1.67. The summed E-state index contributed by atoms with van der Waals surface area (Å²) >= 11 is 1.25. The number of carbonyl (C=O) groups excluding carboxylic acids is 1. The molecular formula is C10H10F2O2S. The number of carbonyl (C=O) groups is 1. The maximum absolute atomic E-state index is 13.3. The van der Waals surface area contributed by atoms with Crippen LogP contribution in [0, 0.1) is 5.92 Å². The molecule has 0 aliphatic heterocycles. The van der Waals surface area contributed by atoms with E-state index in [0.717, 1.165) is 0 Å². The van der Waals surface area contributed by atoms with Gasteiger partial charge in [0.25, 0.3) is 5.92 Å². The summed E-state index contributed by atoms with van der Waals surface area (Å²) in [5.74, 6) is -5.98. The van der Waals surface area contributed by atoms with Crippen molar-refractivity contribution >= 4 is 17.3 Å². The number of halogens is 2. The van der Waals surface area contributed by atoms with Crippen LogP contribution < -0.4 is 0 Å². The van der Waals surface area contributed by atoms with Crippen molar-refractivity contribution in [2.75, 3.05) is 6.61 Å². The lowest BCUT2D eigenvalue weighted by molar-refractivity contribution is -0.147. The molecule has 0 bridgehead atoms. The summed E-state index contributed by atoms with van der Waals surface area (Å²) in [7, 11) is 0. The molecule has 0 N–H and O–H groups in total. The largest absolute Gasteiger partial charge is 0.466 e. The number of rotatable bonds is 3. The van der Waals surface area contributed by atoms with E-state index in [2.05, 4.69) is 4.74 Å². The van der Waals surface area contributed by atoms with Crippen LogP contribution in [0.25, 0.3) is 0 Å². The van der Waals surface area contributed by atoms with Crippen molar-refractivity contribution in [3.63, 3.8) is 0 Å². The van der Waals surface area contributed by atoms with Gasteiger partial charge in [0, 0.05) is 4.88 Å². The fraction of sp³-hybridized carbons (Fsp3) is 0.500. The van der Waals surface area contributed by atoms with Crippen molar-refractivity contribution in [2.24, 2.45) is 5.92 Å². The first kappa shape index (κ1) is 10.5. The van der Waals surface area contributed by atoms with Crippen LogP contribution in [0.15, 0.2) is 17.5 Å². The van der Waals surface area contributed by atoms with Gasteiger partial charge < -0.3 is 4.74 Å². The Balaban J connectivity index is 2.13. The minimum atomic E-state index is -2.93. The summed E-state index contributed by atoms with van der Waals surface area (Å²) in [5.41, 5.74) is 0. The summed E-state index contributed by atoms with van der Waals surface area (Å²) in [6.07, 6.45) is 0. The highest BCUT2D eigenvalue weighted by Crippen LogP contribution is 2.62. The molecule has 2 atom stereocenters. The summed E-state index contributed by atoms with van der Waals surface area (Å²) in [6, 6.07) is 3.33. The molecule has 1 aliphatic rings. The molecule has 0 radical (unpaired) electrons. The fourth-order valence-corrected chi connectivity index (χ4v) is 2.59. The molecule has 0 amide bonds. The van der Waals surface area contributed by atoms with E-state index in [1.54, 1.807) is 24.4 Å². The zero-order valence-corrected chi connectivity index (χ0v) is 8.89. The molecule has 0 spiro atoms. The van der Waals surface area contributed by atoms with Gasteiger partial charge in [0.1, 0.15) is 5.92 Å². The average Bonchev–Trinajstić information content (AvgIpc) is 2.59. The van der Waals surface area contributed by atoms with Gasteiger partial charge in [0.05, 0.1) is 12.5 Å². The lowest BCUT2D eigenvalue weighted by Crippen LogP contribution is -2.11. The zero-order valence-electron chi connectivity index (χ0n) is 8.07. The molecule has 1 fully saturated rings. The normalized spacial score (nSPS) is 27.4. The highest BCUT2D eigenvalue weighted by molar-refractivity contribution is 7.10. The number of hydrogen-bond acceptors (Lipinski definition) is 3. The molecule has 0 aromatic carbocycles. The van der Waals surface area contributed by atoms with Crippen LogP contribution in [0.5, 0.6) is 0 Å². The SMILES string of the molecule is CCOC(=O)[C@@H]1[C@@H](c2cccs2)C1(F)F. The van der Waals surface area contributed by atoms with E-state index >= 15 is 0 Å². The van der Waals surface area contributed by atoms with Crippen molar-refractivity contribution in [3.8, 4) is 0 Å². The van der Waals surface area contributed by atoms with E-state index in [-0.39, 0.29) is 6.61 Å². The molecule has 1 aromatic heterocycles. The summed E-state index contributed by atoms with van der Waals surface area (Å²) in [4.78, 5) is 11.8. The molecular weight excluding hydrogens is 222 g/mol. The van der Waals surface area contributed by atoms with Gasteiger partial charge in [-0.15, -0.1) is 11.3 Å². The van der Waals surface area contributed by atoms with E-state index in [4.69, 9.17) is 0 Å². The van der Waals surface area contributed by atoms with E-state index in [9.17, 15) is 13.6 Å². The van der Waals surface area contributed by atoms with Crippen LogP contribution in [-0.4, -0.2) is 18.5 Å². The van der Waals surface area contributed by atoms with E-state index in [1.165, 1.54) is 11.3 Å². The van der Waals surface area contributed by atoms with Crippen molar-refractivity contribution in [2.45, 2.75) is 18.8 Å². The smallest absolute Gasteiger partial charge is 0.315 e. The third kappa shape index (κ3) is 1.65. The minimum absolute atomic E-state index is 0.141. The highest BCUT2D eigenvalue weighted by atomic mass is 32.1. The second kappa shape index (κ2) is 3.56. The Bertz CT molecular complexity index is 362. The van der Waals surface area contributed by atoms with Crippen LogP contribution in [0.1, 0.15) is 17.7 Å². The molecule has 1 aromatic rings. The third-order valence-corrected chi connectivity index (χ3v) is 3.40. The summed E-state index contributed by atoms with van der Waals surface area (Å²) < 4.78 is 31.2. The van der Waals surface area contributed by atoms with Crippen molar-refractivity contribution in [3.05, 3.63) is 22.4 Å². The maximum Gasteiger partial charge on any atom is 0.315 e. The number of thiophene rings is 1. The molecule has 2 rings (SSSR count). The number of hydrogen-bond donors (Lipinski definition) is 0. The van der Waals surface area contributed by atoms with Crippen molar-refractivity contribution < 1.29 is 18.3 Å². The number of ether oxygens (including phenoxy) is 1. The quantitative estimate of drug-likeness (QED) is 0.749. The van der Waals surface area contributed by atoms with Gasteiger partial charge in [0.2, 0.25) is 0 Å². The van der Waals surface area contributed by atoms with Crippen LogP contribution >= 0.6 is 11.3 Å². The second-order valence-electron chi connectivity index (χ2n) is 3.40. The van der Waals surface area contributed by atoms with Gasteiger partial charge in [-0.25, -0.2) is 8.78 Å². The monoisotopic (exact) mass is 232 g/mol. The Labute approximate surface area is 89.9 Å². The third-order valence-electron chi connectivity index (χ3n) is 2.44. The molecule has 0 unspecified atom stereocenters. The lowest BCUT2D eigenvalue weighted by Gasteiger charge is -1.98. The molecule has 1 saturated carbocycles.